The Morgan fingerprint density at radius 1 is 0.912 bits per heavy atom. The highest BCUT2D eigenvalue weighted by Gasteiger charge is 2.14. The van der Waals surface area contributed by atoms with Gasteiger partial charge in [0.15, 0.2) is 0 Å². The van der Waals surface area contributed by atoms with Crippen LogP contribution in [0.5, 0.6) is 0 Å². The number of anilines is 1. The van der Waals surface area contributed by atoms with E-state index in [1.54, 1.807) is 7.05 Å². The van der Waals surface area contributed by atoms with E-state index < -0.39 is 11.7 Å². The molecule has 0 aliphatic rings. The number of carbonyl (C=O) groups is 2. The third-order valence-electron chi connectivity index (χ3n) is 4.52. The van der Waals surface area contributed by atoms with Crippen LogP contribution in [0.4, 0.5) is 10.1 Å². The minimum absolute atomic E-state index is 0.00117. The fourth-order valence-electron chi connectivity index (χ4n) is 2.61. The minimum atomic E-state index is -0.420. The highest BCUT2D eigenvalue weighted by molar-refractivity contribution is 7.97. The molecule has 0 unspecified atom stereocenters. The van der Waals surface area contributed by atoms with Crippen molar-refractivity contribution in [1.82, 2.24) is 10.0 Å². The number of likely N-dealkylation sites (N-methyl/N-ethyl adjacent to an activating group) is 1. The molecule has 0 radical (unpaired) electrons. The topological polar surface area (TPSA) is 61.4 Å². The summed E-state index contributed by atoms with van der Waals surface area (Å²) in [5.74, 6) is -1.09. The summed E-state index contributed by atoms with van der Waals surface area (Å²) in [6.45, 7) is 8.19. The lowest BCUT2D eigenvalue weighted by Crippen LogP contribution is -2.38. The Bertz CT molecular complexity index is 1050. The van der Waals surface area contributed by atoms with Crippen LogP contribution in [-0.2, 0) is 4.79 Å². The molecule has 0 fully saturated rings. The Kier molecular flexibility index (Phi) is 10.3. The predicted molar refractivity (Wildman–Crippen MR) is 139 cm³/mol. The average molecular weight is 482 g/mol. The molecule has 34 heavy (non-hydrogen) atoms. The third-order valence-corrected chi connectivity index (χ3v) is 5.74. The van der Waals surface area contributed by atoms with Crippen molar-refractivity contribution in [3.63, 3.8) is 0 Å². The molecule has 0 bridgehead atoms. The minimum Gasteiger partial charge on any atom is -0.343 e. The van der Waals surface area contributed by atoms with Crippen LogP contribution < -0.4 is 14.9 Å². The molecule has 3 rings (SSSR count). The number of carbonyl (C=O) groups excluding carboxylic acids is 2. The van der Waals surface area contributed by atoms with Gasteiger partial charge in [0.25, 0.3) is 5.91 Å². The number of nitrogens with one attached hydrogen (secondary N) is 2. The molecule has 0 spiro atoms. The number of rotatable bonds is 6. The van der Waals surface area contributed by atoms with Crippen molar-refractivity contribution >= 4 is 29.4 Å². The lowest BCUT2D eigenvalue weighted by atomic mass is 10.1. The molecule has 7 heteroatoms. The molecule has 0 heterocycles. The van der Waals surface area contributed by atoms with Crippen LogP contribution in [0, 0.1) is 12.7 Å². The zero-order valence-corrected chi connectivity index (χ0v) is 21.1. The van der Waals surface area contributed by atoms with E-state index in [-0.39, 0.29) is 18.0 Å². The molecule has 2 amide bonds. The van der Waals surface area contributed by atoms with E-state index in [2.05, 4.69) is 49.9 Å². The van der Waals surface area contributed by atoms with E-state index in [9.17, 15) is 14.0 Å². The van der Waals surface area contributed by atoms with Crippen molar-refractivity contribution in [1.29, 1.82) is 0 Å². The summed E-state index contributed by atoms with van der Waals surface area (Å²) in [4.78, 5) is 26.8. The van der Waals surface area contributed by atoms with Gasteiger partial charge >= 0.3 is 0 Å². The van der Waals surface area contributed by atoms with Gasteiger partial charge in [-0.1, -0.05) is 35.9 Å². The van der Waals surface area contributed by atoms with Gasteiger partial charge < -0.3 is 10.2 Å². The summed E-state index contributed by atoms with van der Waals surface area (Å²) in [6.07, 6.45) is 0. The van der Waals surface area contributed by atoms with Crippen LogP contribution in [0.15, 0.2) is 83.8 Å². The molecular weight excluding hydrogens is 449 g/mol. The zero-order valence-electron chi connectivity index (χ0n) is 20.3. The SMILES string of the molecule is CN(C(=O)CNC(=O)c1ccc(F)cc1)c1ccc(SNC(C)(C)C)cc1.Cc1ccccc1. The fourth-order valence-corrected chi connectivity index (χ4v) is 3.30. The van der Waals surface area contributed by atoms with Crippen molar-refractivity contribution in [3.05, 3.63) is 95.8 Å². The first-order valence-corrected chi connectivity index (χ1v) is 11.7. The molecule has 0 saturated carbocycles. The molecular formula is C27H32FN3O2S. The smallest absolute Gasteiger partial charge is 0.251 e. The molecule has 5 nitrogen and oxygen atoms in total. The van der Waals surface area contributed by atoms with Crippen LogP contribution >= 0.6 is 11.9 Å². The maximum absolute atomic E-state index is 12.9. The first-order chi connectivity index (χ1) is 16.0. The van der Waals surface area contributed by atoms with Crippen LogP contribution in [0.25, 0.3) is 0 Å². The van der Waals surface area contributed by atoms with Gasteiger partial charge in [-0.25, -0.2) is 4.39 Å². The Balaban J connectivity index is 0.000000497. The number of benzene rings is 3. The largest absolute Gasteiger partial charge is 0.343 e. The molecule has 180 valence electrons. The number of hydrogen-bond donors (Lipinski definition) is 2. The zero-order chi connectivity index (χ0) is 25.1. The monoisotopic (exact) mass is 481 g/mol. The summed E-state index contributed by atoms with van der Waals surface area (Å²) in [7, 11) is 1.65. The second kappa shape index (κ2) is 12.9. The molecule has 2 N–H and O–H groups in total. The Morgan fingerprint density at radius 3 is 2.00 bits per heavy atom. The van der Waals surface area contributed by atoms with E-state index in [4.69, 9.17) is 0 Å². The highest BCUT2D eigenvalue weighted by atomic mass is 32.2. The molecule has 3 aromatic carbocycles. The van der Waals surface area contributed by atoms with Gasteiger partial charge in [-0.05, 0) is 88.2 Å². The lowest BCUT2D eigenvalue weighted by molar-refractivity contribution is -0.117. The number of halogens is 1. The quantitative estimate of drug-likeness (QED) is 0.450. The van der Waals surface area contributed by atoms with E-state index in [1.165, 1.54) is 46.7 Å². The first kappa shape index (κ1) is 27.1. The molecule has 0 atom stereocenters. The van der Waals surface area contributed by atoms with Crippen LogP contribution in [0.1, 0.15) is 36.7 Å². The summed E-state index contributed by atoms with van der Waals surface area (Å²) >= 11 is 1.53. The number of nitrogens with zero attached hydrogens (tertiary/aromatic N) is 1. The molecule has 0 aliphatic heterocycles. The Morgan fingerprint density at radius 2 is 1.50 bits per heavy atom. The fraction of sp³-hybridized carbons (Fsp3) is 0.259. The molecule has 0 aliphatic carbocycles. The molecule has 3 aromatic rings. The second-order valence-corrected chi connectivity index (χ2v) is 9.62. The second-order valence-electron chi connectivity index (χ2n) is 8.75. The predicted octanol–water partition coefficient (Wildman–Crippen LogP) is 5.61. The van der Waals surface area contributed by atoms with Gasteiger partial charge in [0, 0.05) is 28.7 Å². The van der Waals surface area contributed by atoms with Gasteiger partial charge in [0.2, 0.25) is 5.91 Å². The molecule has 0 aromatic heterocycles. The number of hydrogen-bond acceptors (Lipinski definition) is 4. The summed E-state index contributed by atoms with van der Waals surface area (Å²) < 4.78 is 16.2. The van der Waals surface area contributed by atoms with Crippen molar-refractivity contribution in [2.75, 3.05) is 18.5 Å². The van der Waals surface area contributed by atoms with Crippen molar-refractivity contribution in [2.45, 2.75) is 38.1 Å². The van der Waals surface area contributed by atoms with E-state index in [0.29, 0.717) is 5.56 Å². The van der Waals surface area contributed by atoms with Crippen molar-refractivity contribution < 1.29 is 14.0 Å². The van der Waals surface area contributed by atoms with Crippen molar-refractivity contribution in [2.24, 2.45) is 0 Å². The summed E-state index contributed by atoms with van der Waals surface area (Å²) in [5, 5.41) is 2.55. The molecule has 0 saturated heterocycles. The summed E-state index contributed by atoms with van der Waals surface area (Å²) in [6, 6.07) is 23.0. The first-order valence-electron chi connectivity index (χ1n) is 10.9. The van der Waals surface area contributed by atoms with Gasteiger partial charge in [-0.2, -0.15) is 0 Å². The number of amides is 2. The highest BCUT2D eigenvalue weighted by Crippen LogP contribution is 2.22. The normalized spacial score (nSPS) is 10.6. The lowest BCUT2D eigenvalue weighted by Gasteiger charge is -2.20. The maximum atomic E-state index is 12.9. The third kappa shape index (κ3) is 9.77. The van der Waals surface area contributed by atoms with Gasteiger partial charge in [-0.3, -0.25) is 14.3 Å². The van der Waals surface area contributed by atoms with E-state index >= 15 is 0 Å². The van der Waals surface area contributed by atoms with Gasteiger partial charge in [-0.15, -0.1) is 0 Å². The van der Waals surface area contributed by atoms with E-state index in [1.807, 2.05) is 42.5 Å². The van der Waals surface area contributed by atoms with Crippen LogP contribution in [0.3, 0.4) is 0 Å². The van der Waals surface area contributed by atoms with E-state index in [0.717, 1.165) is 10.6 Å². The number of aryl methyl sites for hydroxylation is 1. The van der Waals surface area contributed by atoms with Gasteiger partial charge in [0.05, 0.1) is 6.54 Å². The average Bonchev–Trinajstić information content (AvgIpc) is 2.82. The van der Waals surface area contributed by atoms with Crippen LogP contribution in [0.2, 0.25) is 0 Å². The Labute approximate surface area is 205 Å². The maximum Gasteiger partial charge on any atom is 0.251 e. The van der Waals surface area contributed by atoms with Crippen molar-refractivity contribution in [3.8, 4) is 0 Å². The van der Waals surface area contributed by atoms with Gasteiger partial charge in [0.1, 0.15) is 5.82 Å². The standard InChI is InChI=1S/C20H24FN3O2S.C7H8/c1-20(2,3)23-27-17-11-9-16(10-12-17)24(4)18(25)13-22-19(26)14-5-7-15(21)8-6-14;1-7-5-3-2-4-6-7/h5-12,23H,13H2,1-4H3,(H,22,26);2-6H,1H3. The summed E-state index contributed by atoms with van der Waals surface area (Å²) in [5.41, 5.74) is 2.36. The van der Waals surface area contributed by atoms with Crippen LogP contribution in [-0.4, -0.2) is 30.9 Å². The Hall–Kier alpha value is -3.16.